The zero-order valence-corrected chi connectivity index (χ0v) is 10.7. The van der Waals surface area contributed by atoms with Gasteiger partial charge in [-0.15, -0.1) is 0 Å². The molecule has 0 aliphatic heterocycles. The molecule has 2 aromatic rings. The molecule has 1 saturated carbocycles. The zero-order chi connectivity index (χ0) is 12.7. The van der Waals surface area contributed by atoms with Crippen molar-refractivity contribution in [3.8, 4) is 0 Å². The Kier molecular flexibility index (Phi) is 2.59. The molecule has 6 heteroatoms. The minimum Gasteiger partial charge on any atom is -0.354 e. The summed E-state index contributed by atoms with van der Waals surface area (Å²) in [7, 11) is 2.07. The van der Waals surface area contributed by atoms with Gasteiger partial charge in [0.1, 0.15) is 0 Å². The van der Waals surface area contributed by atoms with Gasteiger partial charge in [0, 0.05) is 25.5 Å². The quantitative estimate of drug-likeness (QED) is 0.627. The maximum atomic E-state index is 5.46. The van der Waals surface area contributed by atoms with Crippen LogP contribution in [0.3, 0.4) is 0 Å². The van der Waals surface area contributed by atoms with Crippen molar-refractivity contribution >= 4 is 17.3 Å². The molecule has 0 radical (unpaired) electrons. The van der Waals surface area contributed by atoms with Gasteiger partial charge in [-0.1, -0.05) is 0 Å². The SMILES string of the molecule is CC(C1CC1)N(C)c1nc(NN)cn2ccnc12. The number of fused-ring (bicyclic) bond motifs is 1. The predicted molar refractivity (Wildman–Crippen MR) is 71.4 cm³/mol. The van der Waals surface area contributed by atoms with Crippen LogP contribution >= 0.6 is 0 Å². The van der Waals surface area contributed by atoms with Gasteiger partial charge in [0.05, 0.1) is 6.20 Å². The van der Waals surface area contributed by atoms with E-state index in [4.69, 9.17) is 5.84 Å². The maximum absolute atomic E-state index is 5.46. The van der Waals surface area contributed by atoms with Gasteiger partial charge in [-0.25, -0.2) is 15.8 Å². The number of hydrogen-bond acceptors (Lipinski definition) is 5. The van der Waals surface area contributed by atoms with Crippen molar-refractivity contribution in [3.05, 3.63) is 18.6 Å². The molecule has 1 unspecified atom stereocenters. The van der Waals surface area contributed by atoms with Crippen molar-refractivity contribution in [2.24, 2.45) is 11.8 Å². The van der Waals surface area contributed by atoms with Crippen molar-refractivity contribution in [1.29, 1.82) is 0 Å². The summed E-state index contributed by atoms with van der Waals surface area (Å²) in [5, 5.41) is 0. The number of anilines is 2. The molecule has 3 rings (SSSR count). The molecular weight excluding hydrogens is 228 g/mol. The van der Waals surface area contributed by atoms with E-state index in [-0.39, 0.29) is 0 Å². The monoisotopic (exact) mass is 246 g/mol. The number of nitrogens with one attached hydrogen (secondary N) is 1. The van der Waals surface area contributed by atoms with Crippen LogP contribution in [-0.2, 0) is 0 Å². The van der Waals surface area contributed by atoms with Crippen LogP contribution in [0.1, 0.15) is 19.8 Å². The number of nitrogen functional groups attached to an aromatic ring is 1. The molecular formula is C12H18N6. The van der Waals surface area contributed by atoms with E-state index >= 15 is 0 Å². The summed E-state index contributed by atoms with van der Waals surface area (Å²) in [6, 6.07) is 0.478. The van der Waals surface area contributed by atoms with Crippen LogP contribution in [-0.4, -0.2) is 27.5 Å². The van der Waals surface area contributed by atoms with Crippen molar-refractivity contribution in [3.63, 3.8) is 0 Å². The molecule has 0 amide bonds. The van der Waals surface area contributed by atoms with E-state index < -0.39 is 0 Å². The fraction of sp³-hybridized carbons (Fsp3) is 0.500. The average Bonchev–Trinajstić information content (AvgIpc) is 3.13. The van der Waals surface area contributed by atoms with Gasteiger partial charge in [0.15, 0.2) is 17.3 Å². The zero-order valence-electron chi connectivity index (χ0n) is 10.7. The van der Waals surface area contributed by atoms with Crippen LogP contribution < -0.4 is 16.2 Å². The third-order valence-electron chi connectivity index (χ3n) is 3.75. The molecule has 1 aliphatic rings. The van der Waals surface area contributed by atoms with Crippen LogP contribution in [0.15, 0.2) is 18.6 Å². The number of hydrogen-bond donors (Lipinski definition) is 2. The Morgan fingerprint density at radius 1 is 1.56 bits per heavy atom. The first-order valence-corrected chi connectivity index (χ1v) is 6.24. The van der Waals surface area contributed by atoms with E-state index in [0.29, 0.717) is 11.9 Å². The standard InChI is InChI=1S/C12H18N6/c1-8(9-3-4-9)17(2)12-11-14-5-6-18(11)7-10(15-12)16-13/h5-9,16H,3-4,13H2,1-2H3. The lowest BCUT2D eigenvalue weighted by molar-refractivity contribution is 0.604. The first kappa shape index (κ1) is 11.3. The number of rotatable bonds is 4. The Balaban J connectivity index is 2.05. The molecule has 2 heterocycles. The second-order valence-corrected chi connectivity index (χ2v) is 4.94. The number of nitrogens with zero attached hydrogens (tertiary/aromatic N) is 4. The summed E-state index contributed by atoms with van der Waals surface area (Å²) < 4.78 is 1.94. The Morgan fingerprint density at radius 3 is 3.00 bits per heavy atom. The van der Waals surface area contributed by atoms with E-state index in [9.17, 15) is 0 Å². The fourth-order valence-electron chi connectivity index (χ4n) is 2.31. The van der Waals surface area contributed by atoms with E-state index in [1.165, 1.54) is 12.8 Å². The molecule has 18 heavy (non-hydrogen) atoms. The van der Waals surface area contributed by atoms with E-state index in [2.05, 4.69) is 34.3 Å². The highest BCUT2D eigenvalue weighted by molar-refractivity contribution is 5.66. The largest absolute Gasteiger partial charge is 0.354 e. The molecule has 0 bridgehead atoms. The number of nitrogens with two attached hydrogens (primary N) is 1. The van der Waals surface area contributed by atoms with Crippen molar-refractivity contribution in [1.82, 2.24) is 14.4 Å². The van der Waals surface area contributed by atoms with Gasteiger partial charge < -0.3 is 14.7 Å². The van der Waals surface area contributed by atoms with Crippen LogP contribution in [0.4, 0.5) is 11.6 Å². The summed E-state index contributed by atoms with van der Waals surface area (Å²) in [5.41, 5.74) is 3.47. The Labute approximate surface area is 106 Å². The summed E-state index contributed by atoms with van der Waals surface area (Å²) >= 11 is 0. The van der Waals surface area contributed by atoms with Crippen molar-refractivity contribution in [2.75, 3.05) is 17.4 Å². The number of imidazole rings is 1. The van der Waals surface area contributed by atoms with Gasteiger partial charge in [-0.3, -0.25) is 0 Å². The summed E-state index contributed by atoms with van der Waals surface area (Å²) in [5.74, 6) is 7.76. The minimum absolute atomic E-state index is 0.478. The van der Waals surface area contributed by atoms with Gasteiger partial charge in [-0.05, 0) is 25.7 Å². The third kappa shape index (κ3) is 1.78. The summed E-state index contributed by atoms with van der Waals surface area (Å²) in [6.07, 6.45) is 8.13. The third-order valence-corrected chi connectivity index (χ3v) is 3.75. The summed E-state index contributed by atoms with van der Waals surface area (Å²) in [6.45, 7) is 2.24. The topological polar surface area (TPSA) is 71.5 Å². The highest BCUT2D eigenvalue weighted by atomic mass is 15.3. The predicted octanol–water partition coefficient (Wildman–Crippen LogP) is 1.25. The first-order valence-electron chi connectivity index (χ1n) is 6.24. The summed E-state index contributed by atoms with van der Waals surface area (Å²) in [4.78, 5) is 11.1. The Hall–Kier alpha value is -1.82. The molecule has 3 N–H and O–H groups in total. The highest BCUT2D eigenvalue weighted by Gasteiger charge is 2.32. The van der Waals surface area contributed by atoms with Gasteiger partial charge in [0.25, 0.3) is 0 Å². The average molecular weight is 246 g/mol. The second-order valence-electron chi connectivity index (χ2n) is 4.94. The number of hydrazine groups is 1. The molecule has 0 aromatic carbocycles. The molecule has 0 saturated heterocycles. The van der Waals surface area contributed by atoms with Gasteiger partial charge >= 0.3 is 0 Å². The van der Waals surface area contributed by atoms with E-state index in [1.54, 1.807) is 6.20 Å². The van der Waals surface area contributed by atoms with Crippen LogP contribution in [0.5, 0.6) is 0 Å². The van der Waals surface area contributed by atoms with E-state index in [1.807, 2.05) is 16.8 Å². The molecule has 1 fully saturated rings. The normalized spacial score (nSPS) is 16.8. The lowest BCUT2D eigenvalue weighted by atomic mass is 10.2. The molecule has 2 aromatic heterocycles. The Morgan fingerprint density at radius 2 is 2.33 bits per heavy atom. The highest BCUT2D eigenvalue weighted by Crippen LogP contribution is 2.36. The van der Waals surface area contributed by atoms with Crippen LogP contribution in [0.2, 0.25) is 0 Å². The molecule has 96 valence electrons. The smallest absolute Gasteiger partial charge is 0.180 e. The molecule has 1 aliphatic carbocycles. The number of aromatic nitrogens is 3. The fourth-order valence-corrected chi connectivity index (χ4v) is 2.31. The van der Waals surface area contributed by atoms with E-state index in [0.717, 1.165) is 17.4 Å². The van der Waals surface area contributed by atoms with Crippen molar-refractivity contribution in [2.45, 2.75) is 25.8 Å². The van der Waals surface area contributed by atoms with Crippen molar-refractivity contribution < 1.29 is 0 Å². The minimum atomic E-state index is 0.478. The molecule has 0 spiro atoms. The van der Waals surface area contributed by atoms with Crippen LogP contribution in [0, 0.1) is 5.92 Å². The molecule has 6 nitrogen and oxygen atoms in total. The molecule has 1 atom stereocenters. The van der Waals surface area contributed by atoms with Crippen LogP contribution in [0.25, 0.3) is 5.65 Å². The second kappa shape index (κ2) is 4.13. The Bertz CT molecular complexity index is 559. The maximum Gasteiger partial charge on any atom is 0.180 e. The van der Waals surface area contributed by atoms with Gasteiger partial charge in [0.2, 0.25) is 0 Å². The lowest BCUT2D eigenvalue weighted by Gasteiger charge is -2.26. The van der Waals surface area contributed by atoms with Gasteiger partial charge in [-0.2, -0.15) is 0 Å². The first-order chi connectivity index (χ1) is 8.70. The lowest BCUT2D eigenvalue weighted by Crippen LogP contribution is -2.32.